The third kappa shape index (κ3) is 5.15. The average molecular weight is 448 g/mol. The fraction of sp³-hybridized carbons (Fsp3) is 0.333. The van der Waals surface area contributed by atoms with Crippen LogP contribution in [0.2, 0.25) is 0 Å². The third-order valence-corrected chi connectivity index (χ3v) is 6.84. The van der Waals surface area contributed by atoms with Gasteiger partial charge in [0.25, 0.3) is 5.91 Å². The van der Waals surface area contributed by atoms with Crippen molar-refractivity contribution >= 4 is 21.9 Å². The van der Waals surface area contributed by atoms with Crippen LogP contribution in [0.1, 0.15) is 10.4 Å². The molecule has 0 aromatic heterocycles. The highest BCUT2D eigenvalue weighted by Crippen LogP contribution is 2.25. The maximum absolute atomic E-state index is 12.7. The fourth-order valence-electron chi connectivity index (χ4n) is 3.18. The molecule has 9 nitrogen and oxygen atoms in total. The average Bonchev–Trinajstić information content (AvgIpc) is 2.82. The summed E-state index contributed by atoms with van der Waals surface area (Å²) in [7, 11) is -0.688. The molecular weight excluding hydrogens is 424 g/mol. The molecule has 1 fully saturated rings. The van der Waals surface area contributed by atoms with Crippen molar-refractivity contribution in [2.45, 2.75) is 4.90 Å². The number of sulfonamides is 1. The summed E-state index contributed by atoms with van der Waals surface area (Å²) in [5.74, 6) is -0.292. The lowest BCUT2D eigenvalue weighted by Gasteiger charge is -2.33. The van der Waals surface area contributed by atoms with Crippen LogP contribution >= 0.6 is 0 Å². The number of ether oxygens (including phenoxy) is 3. The van der Waals surface area contributed by atoms with Gasteiger partial charge in [-0.15, -0.1) is 0 Å². The highest BCUT2D eigenvalue weighted by atomic mass is 32.2. The molecule has 1 aliphatic rings. The van der Waals surface area contributed by atoms with Crippen LogP contribution in [0.25, 0.3) is 0 Å². The molecule has 0 aliphatic carbocycles. The first-order chi connectivity index (χ1) is 14.9. The molecule has 1 saturated heterocycles. The van der Waals surface area contributed by atoms with Crippen molar-refractivity contribution in [1.82, 2.24) is 9.21 Å². The second-order valence-electron chi connectivity index (χ2n) is 6.74. The Morgan fingerprint density at radius 3 is 2.23 bits per heavy atom. The summed E-state index contributed by atoms with van der Waals surface area (Å²) in [4.78, 5) is 26.5. The van der Waals surface area contributed by atoms with Crippen LogP contribution in [0.3, 0.4) is 0 Å². The minimum Gasteiger partial charge on any atom is -0.497 e. The highest BCUT2D eigenvalue weighted by Gasteiger charge is 2.30. The van der Waals surface area contributed by atoms with Gasteiger partial charge in [0.15, 0.2) is 6.61 Å². The number of hydrogen-bond acceptors (Lipinski definition) is 7. The van der Waals surface area contributed by atoms with Crippen molar-refractivity contribution in [3.05, 3.63) is 54.1 Å². The monoisotopic (exact) mass is 448 g/mol. The van der Waals surface area contributed by atoms with Gasteiger partial charge in [-0.25, -0.2) is 13.2 Å². The predicted octanol–water partition coefficient (Wildman–Crippen LogP) is 1.39. The Balaban J connectivity index is 1.54. The maximum Gasteiger partial charge on any atom is 0.342 e. The Bertz CT molecular complexity index is 1030. The third-order valence-electron chi connectivity index (χ3n) is 4.93. The van der Waals surface area contributed by atoms with E-state index in [1.165, 1.54) is 29.5 Å². The summed E-state index contributed by atoms with van der Waals surface area (Å²) in [6, 6.07) is 12.8. The van der Waals surface area contributed by atoms with Gasteiger partial charge < -0.3 is 19.1 Å². The van der Waals surface area contributed by atoms with Gasteiger partial charge in [0, 0.05) is 32.2 Å². The van der Waals surface area contributed by atoms with Crippen molar-refractivity contribution in [3.8, 4) is 11.5 Å². The van der Waals surface area contributed by atoms with E-state index in [0.717, 1.165) is 0 Å². The van der Waals surface area contributed by atoms with E-state index in [-0.39, 0.29) is 42.4 Å². The first kappa shape index (κ1) is 22.6. The Hall–Kier alpha value is -3.11. The van der Waals surface area contributed by atoms with Crippen molar-refractivity contribution in [3.63, 3.8) is 0 Å². The Morgan fingerprint density at radius 1 is 0.935 bits per heavy atom. The van der Waals surface area contributed by atoms with Crippen LogP contribution in [-0.2, 0) is 19.6 Å². The smallest absolute Gasteiger partial charge is 0.342 e. The van der Waals surface area contributed by atoms with Gasteiger partial charge >= 0.3 is 5.97 Å². The van der Waals surface area contributed by atoms with Gasteiger partial charge in [-0.1, -0.05) is 18.2 Å². The molecule has 1 amide bonds. The largest absolute Gasteiger partial charge is 0.497 e. The van der Waals surface area contributed by atoms with Gasteiger partial charge in [-0.3, -0.25) is 4.79 Å². The number of hydrogen-bond donors (Lipinski definition) is 0. The SMILES string of the molecule is COc1ccc(C(=O)OCC(=O)N2CCN(S(=O)(=O)c3ccccc3)CC2)c(OC)c1. The van der Waals surface area contributed by atoms with Crippen LogP contribution in [-0.4, -0.2) is 76.5 Å². The van der Waals surface area contributed by atoms with Crippen LogP contribution in [0.15, 0.2) is 53.4 Å². The fourth-order valence-corrected chi connectivity index (χ4v) is 4.63. The summed E-state index contributed by atoms with van der Waals surface area (Å²) < 4.78 is 42.1. The molecule has 1 aliphatic heterocycles. The molecule has 1 heterocycles. The summed E-state index contributed by atoms with van der Waals surface area (Å²) in [5.41, 5.74) is 0.176. The Labute approximate surface area is 181 Å². The molecule has 3 rings (SSSR count). The predicted molar refractivity (Wildman–Crippen MR) is 112 cm³/mol. The topological polar surface area (TPSA) is 102 Å². The molecule has 0 bridgehead atoms. The van der Waals surface area contributed by atoms with Crippen LogP contribution in [0, 0.1) is 0 Å². The Morgan fingerprint density at radius 2 is 1.61 bits per heavy atom. The highest BCUT2D eigenvalue weighted by molar-refractivity contribution is 7.89. The molecule has 0 unspecified atom stereocenters. The minimum absolute atomic E-state index is 0.170. The summed E-state index contributed by atoms with van der Waals surface area (Å²) in [6.45, 7) is 0.328. The molecular formula is C21H24N2O7S. The lowest BCUT2D eigenvalue weighted by atomic mass is 10.2. The van der Waals surface area contributed by atoms with Gasteiger partial charge in [-0.2, -0.15) is 4.31 Å². The number of esters is 1. The second kappa shape index (κ2) is 9.80. The lowest BCUT2D eigenvalue weighted by Crippen LogP contribution is -2.51. The number of methoxy groups -OCH3 is 2. The van der Waals surface area contributed by atoms with E-state index in [9.17, 15) is 18.0 Å². The molecule has 0 radical (unpaired) electrons. The quantitative estimate of drug-likeness (QED) is 0.590. The molecule has 31 heavy (non-hydrogen) atoms. The van der Waals surface area contributed by atoms with Crippen LogP contribution in [0.5, 0.6) is 11.5 Å². The van der Waals surface area contributed by atoms with E-state index >= 15 is 0 Å². The zero-order valence-corrected chi connectivity index (χ0v) is 18.1. The maximum atomic E-state index is 12.7. The van der Waals surface area contributed by atoms with Gasteiger partial charge in [0.1, 0.15) is 17.1 Å². The van der Waals surface area contributed by atoms with Gasteiger partial charge in [-0.05, 0) is 24.3 Å². The van der Waals surface area contributed by atoms with Crippen molar-refractivity contribution in [2.24, 2.45) is 0 Å². The molecule has 0 N–H and O–H groups in total. The van der Waals surface area contributed by atoms with E-state index in [4.69, 9.17) is 14.2 Å². The van der Waals surface area contributed by atoms with E-state index in [2.05, 4.69) is 0 Å². The Kier molecular flexibility index (Phi) is 7.13. The summed E-state index contributed by atoms with van der Waals surface area (Å²) >= 11 is 0. The number of benzene rings is 2. The molecule has 2 aromatic carbocycles. The molecule has 2 aromatic rings. The summed E-state index contributed by atoms with van der Waals surface area (Å²) in [5, 5.41) is 0. The van der Waals surface area contributed by atoms with Crippen molar-refractivity contribution < 1.29 is 32.2 Å². The first-order valence-electron chi connectivity index (χ1n) is 9.59. The molecule has 0 saturated carbocycles. The van der Waals surface area contributed by atoms with Crippen molar-refractivity contribution in [1.29, 1.82) is 0 Å². The zero-order valence-electron chi connectivity index (χ0n) is 17.3. The standard InChI is InChI=1S/C21H24N2O7S/c1-28-16-8-9-18(19(14-16)29-2)21(25)30-15-20(24)22-10-12-23(13-11-22)31(26,27)17-6-4-3-5-7-17/h3-9,14H,10-13,15H2,1-2H3. The molecule has 10 heteroatoms. The number of amides is 1. The van der Waals surface area contributed by atoms with Crippen LogP contribution < -0.4 is 9.47 Å². The lowest BCUT2D eigenvalue weighted by molar-refractivity contribution is -0.135. The van der Waals surface area contributed by atoms with Gasteiger partial charge in [0.2, 0.25) is 10.0 Å². The first-order valence-corrected chi connectivity index (χ1v) is 11.0. The second-order valence-corrected chi connectivity index (χ2v) is 8.68. The number of carbonyl (C=O) groups excluding carboxylic acids is 2. The van der Waals surface area contributed by atoms with Crippen molar-refractivity contribution in [2.75, 3.05) is 47.0 Å². The van der Waals surface area contributed by atoms with E-state index in [1.54, 1.807) is 42.5 Å². The zero-order chi connectivity index (χ0) is 22.4. The van der Waals surface area contributed by atoms with E-state index < -0.39 is 28.5 Å². The number of rotatable bonds is 7. The van der Waals surface area contributed by atoms with E-state index in [1.807, 2.05) is 0 Å². The normalized spacial score (nSPS) is 14.7. The van der Waals surface area contributed by atoms with Gasteiger partial charge in [0.05, 0.1) is 19.1 Å². The number of nitrogens with zero attached hydrogens (tertiary/aromatic N) is 2. The molecule has 0 spiro atoms. The van der Waals surface area contributed by atoms with Crippen LogP contribution in [0.4, 0.5) is 0 Å². The number of piperazine rings is 1. The molecule has 166 valence electrons. The summed E-state index contributed by atoms with van der Waals surface area (Å²) in [6.07, 6.45) is 0. The van der Waals surface area contributed by atoms with E-state index in [0.29, 0.717) is 5.75 Å². The minimum atomic E-state index is -3.60. The number of carbonyl (C=O) groups is 2. The molecule has 0 atom stereocenters.